The van der Waals surface area contributed by atoms with Crippen LogP contribution in [0.5, 0.6) is 0 Å². The fraction of sp³-hybridized carbons (Fsp3) is 0.600. The second-order valence-electron chi connectivity index (χ2n) is 4.15. The third-order valence-corrected chi connectivity index (χ3v) is 2.29. The van der Waals surface area contributed by atoms with E-state index in [2.05, 4.69) is 43.6 Å². The summed E-state index contributed by atoms with van der Waals surface area (Å²) in [5.74, 6) is 0. The van der Waals surface area contributed by atoms with Gasteiger partial charge in [0.15, 0.2) is 0 Å². The molecule has 0 aromatic carbocycles. The lowest BCUT2D eigenvalue weighted by atomic mass is 10.2. The molecule has 1 aliphatic heterocycles. The first-order chi connectivity index (χ1) is 8.18. The number of nitrogens with zero attached hydrogens (tertiary/aromatic N) is 1. The Balaban J connectivity index is 0.00000121. The highest BCUT2D eigenvalue weighted by atomic mass is 16.5. The third kappa shape index (κ3) is 8.90. The topological polar surface area (TPSA) is 12.5 Å². The number of ether oxygens (including phenoxy) is 1. The van der Waals surface area contributed by atoms with Crippen LogP contribution in [0.25, 0.3) is 0 Å². The zero-order valence-corrected chi connectivity index (χ0v) is 11.8. The van der Waals surface area contributed by atoms with Gasteiger partial charge < -0.3 is 4.74 Å². The normalized spacial score (nSPS) is 16.2. The van der Waals surface area contributed by atoms with Gasteiger partial charge in [-0.2, -0.15) is 0 Å². The van der Waals surface area contributed by atoms with Crippen molar-refractivity contribution in [3.63, 3.8) is 0 Å². The van der Waals surface area contributed by atoms with Crippen LogP contribution >= 0.6 is 0 Å². The van der Waals surface area contributed by atoms with Crippen LogP contribution in [0.15, 0.2) is 36.0 Å². The van der Waals surface area contributed by atoms with E-state index < -0.39 is 0 Å². The Labute approximate surface area is 107 Å². The van der Waals surface area contributed by atoms with Crippen molar-refractivity contribution >= 4 is 0 Å². The summed E-state index contributed by atoms with van der Waals surface area (Å²) in [6.07, 6.45) is 6.26. The predicted octanol–water partition coefficient (Wildman–Crippen LogP) is 3.42. The quantitative estimate of drug-likeness (QED) is 0.695. The molecule has 1 saturated heterocycles. The fourth-order valence-electron chi connectivity index (χ4n) is 1.48. The van der Waals surface area contributed by atoms with E-state index in [0.717, 1.165) is 38.4 Å². The van der Waals surface area contributed by atoms with E-state index in [9.17, 15) is 0 Å². The van der Waals surface area contributed by atoms with Gasteiger partial charge in [0.2, 0.25) is 0 Å². The van der Waals surface area contributed by atoms with Crippen LogP contribution in [-0.2, 0) is 4.74 Å². The van der Waals surface area contributed by atoms with Crippen LogP contribution in [0.4, 0.5) is 0 Å². The Morgan fingerprint density at radius 2 is 1.82 bits per heavy atom. The van der Waals surface area contributed by atoms with Crippen molar-refractivity contribution in [1.82, 2.24) is 4.90 Å². The van der Waals surface area contributed by atoms with E-state index in [-0.39, 0.29) is 0 Å². The van der Waals surface area contributed by atoms with Gasteiger partial charge in [-0.15, -0.1) is 0 Å². The van der Waals surface area contributed by atoms with Gasteiger partial charge in [0.25, 0.3) is 0 Å². The minimum atomic E-state index is 0.852. The summed E-state index contributed by atoms with van der Waals surface area (Å²) in [6.45, 7) is 16.9. The molecule has 0 unspecified atom stereocenters. The van der Waals surface area contributed by atoms with E-state index in [1.54, 1.807) is 0 Å². The molecule has 0 aromatic rings. The van der Waals surface area contributed by atoms with Crippen LogP contribution < -0.4 is 0 Å². The maximum Gasteiger partial charge on any atom is 0.0594 e. The largest absolute Gasteiger partial charge is 0.379 e. The number of hydrogen-bond donors (Lipinski definition) is 0. The van der Waals surface area contributed by atoms with Crippen LogP contribution in [0.1, 0.15) is 27.7 Å². The van der Waals surface area contributed by atoms with E-state index in [1.165, 1.54) is 5.57 Å². The zero-order chi connectivity index (χ0) is 13.1. The van der Waals surface area contributed by atoms with Gasteiger partial charge in [-0.25, -0.2) is 0 Å². The minimum Gasteiger partial charge on any atom is -0.379 e. The summed E-state index contributed by atoms with van der Waals surface area (Å²) in [7, 11) is 0. The number of morpholine rings is 1. The van der Waals surface area contributed by atoms with Crippen molar-refractivity contribution in [2.45, 2.75) is 27.7 Å². The van der Waals surface area contributed by atoms with Gasteiger partial charge in [0.05, 0.1) is 13.2 Å². The lowest BCUT2D eigenvalue weighted by Gasteiger charge is -2.26. The lowest BCUT2D eigenvalue weighted by molar-refractivity contribution is 0.0426. The molecule has 17 heavy (non-hydrogen) atoms. The molecule has 1 aliphatic rings. The Kier molecular flexibility index (Phi) is 9.78. The van der Waals surface area contributed by atoms with Crippen LogP contribution in [-0.4, -0.2) is 37.7 Å². The molecule has 1 fully saturated rings. The summed E-state index contributed by atoms with van der Waals surface area (Å²) in [5.41, 5.74) is 2.47. The van der Waals surface area contributed by atoms with Crippen molar-refractivity contribution in [3.05, 3.63) is 36.0 Å². The van der Waals surface area contributed by atoms with Gasteiger partial charge in [-0.05, 0) is 19.4 Å². The van der Waals surface area contributed by atoms with Crippen LogP contribution in [0.3, 0.4) is 0 Å². The molecule has 0 spiro atoms. The molecule has 1 rings (SSSR count). The second kappa shape index (κ2) is 10.3. The van der Waals surface area contributed by atoms with Crippen molar-refractivity contribution in [2.75, 3.05) is 32.8 Å². The molecule has 0 amide bonds. The monoisotopic (exact) mass is 237 g/mol. The summed E-state index contributed by atoms with van der Waals surface area (Å²) in [4.78, 5) is 2.37. The van der Waals surface area contributed by atoms with Crippen LogP contribution in [0.2, 0.25) is 0 Å². The number of rotatable bonds is 4. The maximum atomic E-state index is 5.30. The van der Waals surface area contributed by atoms with Gasteiger partial charge >= 0.3 is 0 Å². The number of allylic oxidation sites excluding steroid dienone is 3. The average molecular weight is 237 g/mol. The molecule has 0 aromatic heterocycles. The first-order valence-corrected chi connectivity index (χ1v) is 6.48. The molecular formula is C15H27NO. The van der Waals surface area contributed by atoms with Crippen molar-refractivity contribution in [1.29, 1.82) is 0 Å². The molecule has 0 radical (unpaired) electrons. The Hall–Kier alpha value is -0.860. The average Bonchev–Trinajstić information content (AvgIpc) is 2.32. The van der Waals surface area contributed by atoms with Crippen LogP contribution in [0, 0.1) is 0 Å². The zero-order valence-electron chi connectivity index (χ0n) is 11.8. The van der Waals surface area contributed by atoms with Crippen molar-refractivity contribution in [2.24, 2.45) is 0 Å². The highest BCUT2D eigenvalue weighted by Crippen LogP contribution is 2.03. The van der Waals surface area contributed by atoms with Gasteiger partial charge in [-0.1, -0.05) is 44.2 Å². The second-order valence-corrected chi connectivity index (χ2v) is 4.15. The predicted molar refractivity (Wildman–Crippen MR) is 76.3 cm³/mol. The molecule has 98 valence electrons. The van der Waals surface area contributed by atoms with Crippen molar-refractivity contribution in [3.8, 4) is 0 Å². The highest BCUT2D eigenvalue weighted by Gasteiger charge is 2.09. The standard InChI is InChI=1S/C13H21NO.C2H6/c1-12(2)5-4-6-13(3)11-14-7-9-15-10-8-14;1-2/h4-6H,3,7-11H2,1-2H3;1-2H3/b6-4-;. The molecule has 0 N–H and O–H groups in total. The molecular weight excluding hydrogens is 210 g/mol. The van der Waals surface area contributed by atoms with Gasteiger partial charge in [0, 0.05) is 19.6 Å². The summed E-state index contributed by atoms with van der Waals surface area (Å²) < 4.78 is 5.30. The Morgan fingerprint density at radius 1 is 1.24 bits per heavy atom. The third-order valence-electron chi connectivity index (χ3n) is 2.29. The number of hydrogen-bond acceptors (Lipinski definition) is 2. The fourth-order valence-corrected chi connectivity index (χ4v) is 1.48. The van der Waals surface area contributed by atoms with E-state index >= 15 is 0 Å². The van der Waals surface area contributed by atoms with Gasteiger partial charge in [0.1, 0.15) is 0 Å². The first kappa shape index (κ1) is 16.1. The smallest absolute Gasteiger partial charge is 0.0594 e. The highest BCUT2D eigenvalue weighted by molar-refractivity contribution is 5.21. The maximum absolute atomic E-state index is 5.30. The summed E-state index contributed by atoms with van der Waals surface area (Å²) in [6, 6.07) is 0. The molecule has 2 heteroatoms. The summed E-state index contributed by atoms with van der Waals surface area (Å²) >= 11 is 0. The van der Waals surface area contributed by atoms with E-state index in [1.807, 2.05) is 13.8 Å². The molecule has 0 atom stereocenters. The molecule has 0 aliphatic carbocycles. The Morgan fingerprint density at radius 3 is 2.35 bits per heavy atom. The van der Waals surface area contributed by atoms with E-state index in [4.69, 9.17) is 4.74 Å². The first-order valence-electron chi connectivity index (χ1n) is 6.48. The van der Waals surface area contributed by atoms with E-state index in [0.29, 0.717) is 0 Å². The molecule has 1 heterocycles. The molecule has 0 bridgehead atoms. The molecule has 2 nitrogen and oxygen atoms in total. The minimum absolute atomic E-state index is 0.852. The SMILES string of the molecule is C=C(/C=C\C=C(C)C)CN1CCOCC1.CC. The Bertz CT molecular complexity index is 256. The summed E-state index contributed by atoms with van der Waals surface area (Å²) in [5, 5.41) is 0. The molecule has 0 saturated carbocycles. The lowest BCUT2D eigenvalue weighted by Crippen LogP contribution is -2.37. The van der Waals surface area contributed by atoms with Gasteiger partial charge in [-0.3, -0.25) is 4.90 Å². The van der Waals surface area contributed by atoms with Crippen molar-refractivity contribution < 1.29 is 4.74 Å².